The second-order valence-electron chi connectivity index (χ2n) is 5.91. The van der Waals surface area contributed by atoms with Gasteiger partial charge in [-0.3, -0.25) is 0 Å². The molecule has 0 spiro atoms. The molecule has 0 aliphatic rings. The molecule has 114 valence electrons. The van der Waals surface area contributed by atoms with Crippen LogP contribution in [-0.4, -0.2) is 30.8 Å². The zero-order valence-electron chi connectivity index (χ0n) is 13.2. The molecule has 1 rings (SSSR count). The number of anilines is 1. The number of hydrogen-bond donors (Lipinski definition) is 2. The quantitative estimate of drug-likeness (QED) is 0.806. The van der Waals surface area contributed by atoms with Crippen LogP contribution >= 0.6 is 0 Å². The predicted molar refractivity (Wildman–Crippen MR) is 82.7 cm³/mol. The highest BCUT2D eigenvalue weighted by atomic mass is 19.1. The van der Waals surface area contributed by atoms with Gasteiger partial charge in [0.25, 0.3) is 0 Å². The lowest BCUT2D eigenvalue weighted by atomic mass is 9.99. The van der Waals surface area contributed by atoms with E-state index in [1.54, 1.807) is 12.1 Å². The molecule has 0 aliphatic carbocycles. The monoisotopic (exact) mass is 282 g/mol. The number of likely N-dealkylation sites (N-methyl/N-ethyl adjacent to an activating group) is 1. The van der Waals surface area contributed by atoms with Gasteiger partial charge in [0.15, 0.2) is 0 Å². The van der Waals surface area contributed by atoms with E-state index in [0.29, 0.717) is 0 Å². The third-order valence-corrected chi connectivity index (χ3v) is 3.81. The highest BCUT2D eigenvalue weighted by Gasteiger charge is 2.25. The first kappa shape index (κ1) is 16.9. The number of aliphatic hydroxyl groups excluding tert-OH is 1. The Kier molecular flexibility index (Phi) is 5.96. The first-order valence-electron chi connectivity index (χ1n) is 7.21. The minimum absolute atomic E-state index is 0.0388. The molecule has 2 N–H and O–H groups in total. The van der Waals surface area contributed by atoms with E-state index in [2.05, 4.69) is 12.2 Å². The van der Waals surface area contributed by atoms with Crippen LogP contribution in [0.15, 0.2) is 18.2 Å². The molecule has 0 radical (unpaired) electrons. The Labute approximate surface area is 121 Å². The molecular weight excluding hydrogens is 255 g/mol. The number of nitrogens with one attached hydrogen (secondary N) is 1. The van der Waals surface area contributed by atoms with Gasteiger partial charge in [0.1, 0.15) is 5.82 Å². The van der Waals surface area contributed by atoms with Crippen LogP contribution in [0.25, 0.3) is 0 Å². The molecule has 0 aromatic heterocycles. The Bertz CT molecular complexity index is 434. The van der Waals surface area contributed by atoms with Gasteiger partial charge < -0.3 is 15.3 Å². The van der Waals surface area contributed by atoms with Crippen LogP contribution in [-0.2, 0) is 0 Å². The summed E-state index contributed by atoms with van der Waals surface area (Å²) in [5.74, 6) is -0.232. The average molecular weight is 282 g/mol. The van der Waals surface area contributed by atoms with Gasteiger partial charge in [0.2, 0.25) is 0 Å². The number of hydrogen-bond acceptors (Lipinski definition) is 3. The Balaban J connectivity index is 3.13. The van der Waals surface area contributed by atoms with E-state index in [0.717, 1.165) is 24.2 Å². The van der Waals surface area contributed by atoms with Crippen molar-refractivity contribution in [2.24, 2.45) is 0 Å². The summed E-state index contributed by atoms with van der Waals surface area (Å²) in [7, 11) is 1.93. The van der Waals surface area contributed by atoms with Crippen molar-refractivity contribution in [3.8, 4) is 0 Å². The number of halogens is 1. The minimum atomic E-state index is -0.392. The maximum absolute atomic E-state index is 13.6. The van der Waals surface area contributed by atoms with Crippen molar-refractivity contribution in [1.29, 1.82) is 0 Å². The second-order valence-corrected chi connectivity index (χ2v) is 5.91. The number of aliphatic hydroxyl groups is 1. The van der Waals surface area contributed by atoms with Gasteiger partial charge in [-0.2, -0.15) is 0 Å². The lowest BCUT2D eigenvalue weighted by Crippen LogP contribution is -2.45. The fourth-order valence-corrected chi connectivity index (χ4v) is 2.08. The highest BCUT2D eigenvalue weighted by molar-refractivity contribution is 5.56. The third-order valence-electron chi connectivity index (χ3n) is 3.81. The molecule has 0 amide bonds. The molecule has 1 aromatic rings. The van der Waals surface area contributed by atoms with E-state index < -0.39 is 5.54 Å². The predicted octanol–water partition coefficient (Wildman–Crippen LogP) is 3.09. The lowest BCUT2D eigenvalue weighted by molar-refractivity contribution is 0.216. The first-order chi connectivity index (χ1) is 9.33. The maximum atomic E-state index is 13.6. The molecule has 0 bridgehead atoms. The molecule has 0 saturated carbocycles. The zero-order valence-corrected chi connectivity index (χ0v) is 13.2. The maximum Gasteiger partial charge on any atom is 0.123 e. The summed E-state index contributed by atoms with van der Waals surface area (Å²) in [5, 5.41) is 12.9. The Hall–Kier alpha value is -1.13. The summed E-state index contributed by atoms with van der Waals surface area (Å²) in [5.41, 5.74) is 1.47. The van der Waals surface area contributed by atoms with Crippen LogP contribution in [0.4, 0.5) is 10.1 Å². The van der Waals surface area contributed by atoms with E-state index >= 15 is 0 Å². The van der Waals surface area contributed by atoms with Crippen molar-refractivity contribution < 1.29 is 9.50 Å². The van der Waals surface area contributed by atoms with Crippen LogP contribution in [0, 0.1) is 5.82 Å². The van der Waals surface area contributed by atoms with E-state index in [1.165, 1.54) is 6.07 Å². The molecule has 1 unspecified atom stereocenters. The Morgan fingerprint density at radius 1 is 1.40 bits per heavy atom. The standard InChI is InChI=1S/C16H27FN2O/c1-6-9-18-12(2)14-10-13(17)7-8-15(14)19(5)16(3,4)11-20/h7-8,10,12,18,20H,6,9,11H2,1-5H3. The van der Waals surface area contributed by atoms with Gasteiger partial charge in [-0.15, -0.1) is 0 Å². The zero-order chi connectivity index (χ0) is 15.3. The van der Waals surface area contributed by atoms with Crippen LogP contribution in [0.5, 0.6) is 0 Å². The fraction of sp³-hybridized carbons (Fsp3) is 0.625. The van der Waals surface area contributed by atoms with Gasteiger partial charge in [-0.05, 0) is 57.5 Å². The molecule has 0 aliphatic heterocycles. The number of benzene rings is 1. The SMILES string of the molecule is CCCNC(C)c1cc(F)ccc1N(C)C(C)(C)CO. The van der Waals surface area contributed by atoms with Crippen molar-refractivity contribution in [3.05, 3.63) is 29.6 Å². The van der Waals surface area contributed by atoms with Crippen molar-refractivity contribution in [2.75, 3.05) is 25.1 Å². The second kappa shape index (κ2) is 7.04. The average Bonchev–Trinajstić information content (AvgIpc) is 2.43. The van der Waals surface area contributed by atoms with Crippen LogP contribution < -0.4 is 10.2 Å². The fourth-order valence-electron chi connectivity index (χ4n) is 2.08. The largest absolute Gasteiger partial charge is 0.394 e. The van der Waals surface area contributed by atoms with E-state index in [1.807, 2.05) is 32.7 Å². The van der Waals surface area contributed by atoms with E-state index in [9.17, 15) is 9.50 Å². The summed E-state index contributed by atoms with van der Waals surface area (Å²) in [4.78, 5) is 2.01. The highest BCUT2D eigenvalue weighted by Crippen LogP contribution is 2.30. The number of rotatable bonds is 7. The van der Waals surface area contributed by atoms with Crippen molar-refractivity contribution in [1.82, 2.24) is 5.32 Å². The van der Waals surface area contributed by atoms with Crippen molar-refractivity contribution in [3.63, 3.8) is 0 Å². The van der Waals surface area contributed by atoms with Crippen LogP contribution in [0.3, 0.4) is 0 Å². The molecule has 3 nitrogen and oxygen atoms in total. The Morgan fingerprint density at radius 2 is 2.05 bits per heavy atom. The summed E-state index contributed by atoms with van der Waals surface area (Å²) in [6, 6.07) is 4.89. The summed E-state index contributed by atoms with van der Waals surface area (Å²) >= 11 is 0. The summed E-state index contributed by atoms with van der Waals surface area (Å²) in [6.45, 7) is 9.00. The van der Waals surface area contributed by atoms with Gasteiger partial charge in [-0.1, -0.05) is 6.92 Å². The first-order valence-corrected chi connectivity index (χ1v) is 7.21. The molecule has 0 fully saturated rings. The van der Waals surface area contributed by atoms with Crippen molar-refractivity contribution in [2.45, 2.75) is 45.7 Å². The molecule has 0 saturated heterocycles. The third kappa shape index (κ3) is 3.93. The Morgan fingerprint density at radius 3 is 2.60 bits per heavy atom. The molecule has 1 aromatic carbocycles. The molecule has 20 heavy (non-hydrogen) atoms. The summed E-state index contributed by atoms with van der Waals surface area (Å²) in [6.07, 6.45) is 1.03. The van der Waals surface area contributed by atoms with Crippen molar-refractivity contribution >= 4 is 5.69 Å². The van der Waals surface area contributed by atoms with E-state index in [4.69, 9.17) is 0 Å². The van der Waals surface area contributed by atoms with Gasteiger partial charge >= 0.3 is 0 Å². The van der Waals surface area contributed by atoms with E-state index in [-0.39, 0.29) is 18.5 Å². The molecule has 0 heterocycles. The topological polar surface area (TPSA) is 35.5 Å². The summed E-state index contributed by atoms with van der Waals surface area (Å²) < 4.78 is 13.6. The van der Waals surface area contributed by atoms with Crippen LogP contribution in [0.1, 0.15) is 45.7 Å². The van der Waals surface area contributed by atoms with Gasteiger partial charge in [0.05, 0.1) is 12.1 Å². The molecular formula is C16H27FN2O. The smallest absolute Gasteiger partial charge is 0.123 e. The number of nitrogens with zero attached hydrogens (tertiary/aromatic N) is 1. The van der Waals surface area contributed by atoms with Crippen LogP contribution in [0.2, 0.25) is 0 Å². The van der Waals surface area contributed by atoms with Gasteiger partial charge in [0, 0.05) is 18.8 Å². The van der Waals surface area contributed by atoms with Gasteiger partial charge in [-0.25, -0.2) is 4.39 Å². The minimum Gasteiger partial charge on any atom is -0.394 e. The normalized spacial score (nSPS) is 13.3. The molecule has 4 heteroatoms. The lowest BCUT2D eigenvalue weighted by Gasteiger charge is -2.38. The molecule has 1 atom stereocenters.